The van der Waals surface area contributed by atoms with Crippen LogP contribution in [0, 0.1) is 6.92 Å². The number of imidazole rings is 1. The number of ether oxygens (including phenoxy) is 2. The molecule has 1 aliphatic heterocycles. The molecule has 2 aromatic heterocycles. The highest BCUT2D eigenvalue weighted by Crippen LogP contribution is 2.30. The monoisotopic (exact) mass is 659 g/mol. The Morgan fingerprint density at radius 2 is 1.52 bits per heavy atom. The summed E-state index contributed by atoms with van der Waals surface area (Å²) in [6.07, 6.45) is 0.715. The van der Waals surface area contributed by atoms with E-state index >= 15 is 0 Å². The zero-order chi connectivity index (χ0) is 34.8. The van der Waals surface area contributed by atoms with Gasteiger partial charge in [-0.1, -0.05) is 35.5 Å². The Balaban J connectivity index is 1.50. The van der Waals surface area contributed by atoms with Crippen molar-refractivity contribution in [1.82, 2.24) is 35.2 Å². The van der Waals surface area contributed by atoms with Crippen LogP contribution in [0.4, 0.5) is 9.59 Å². The van der Waals surface area contributed by atoms with Gasteiger partial charge in [-0.15, -0.1) is 0 Å². The quantitative estimate of drug-likeness (QED) is 0.240. The van der Waals surface area contributed by atoms with Crippen molar-refractivity contribution >= 4 is 29.1 Å². The number of carbonyl (C=O) groups excluding carboxylic acids is 3. The van der Waals surface area contributed by atoms with E-state index in [-0.39, 0.29) is 12.5 Å². The standard InChI is InChI=1S/C35H45N7O6/c1-21-37-29(40-48-21)23-13-11-22(12-14-23)28(39-33(45)47-35(5,6)7)30-38-26-19-24(15-16-27(26)41(30)8)25(31(43)42-17-9-10-18-42)20-36-32(44)46-34(2,3)4/h11-16,19,25,28H,9-10,17-18,20H2,1-8H3,(H,36,44)(H,39,45)/t25-,28?/m0/s1. The van der Waals surface area contributed by atoms with Crippen molar-refractivity contribution in [3.05, 3.63) is 65.3 Å². The van der Waals surface area contributed by atoms with Crippen LogP contribution in [-0.4, -0.2) is 73.5 Å². The number of hydrogen-bond donors (Lipinski definition) is 2. The van der Waals surface area contributed by atoms with Crippen LogP contribution in [0.25, 0.3) is 22.4 Å². The van der Waals surface area contributed by atoms with E-state index in [1.54, 1.807) is 48.5 Å². The number of carbonyl (C=O) groups is 3. The maximum atomic E-state index is 13.7. The lowest BCUT2D eigenvalue weighted by atomic mass is 9.97. The van der Waals surface area contributed by atoms with Crippen molar-refractivity contribution in [3.8, 4) is 11.4 Å². The first kappa shape index (κ1) is 34.4. The predicted molar refractivity (Wildman–Crippen MR) is 179 cm³/mol. The second-order valence-corrected chi connectivity index (χ2v) is 14.1. The number of rotatable bonds is 8. The maximum Gasteiger partial charge on any atom is 0.408 e. The van der Waals surface area contributed by atoms with Gasteiger partial charge in [0.2, 0.25) is 17.6 Å². The first-order valence-corrected chi connectivity index (χ1v) is 16.2. The van der Waals surface area contributed by atoms with Gasteiger partial charge < -0.3 is 34.1 Å². The molecule has 13 heteroatoms. The van der Waals surface area contributed by atoms with E-state index in [1.807, 2.05) is 59.0 Å². The molecule has 256 valence electrons. The van der Waals surface area contributed by atoms with E-state index in [2.05, 4.69) is 20.8 Å². The third-order valence-electron chi connectivity index (χ3n) is 7.86. The molecule has 5 rings (SSSR count). The summed E-state index contributed by atoms with van der Waals surface area (Å²) in [6, 6.07) is 12.5. The minimum Gasteiger partial charge on any atom is -0.444 e. The number of fused-ring (bicyclic) bond motifs is 1. The fourth-order valence-corrected chi connectivity index (χ4v) is 5.68. The van der Waals surface area contributed by atoms with Gasteiger partial charge in [-0.25, -0.2) is 14.6 Å². The summed E-state index contributed by atoms with van der Waals surface area (Å²) in [7, 11) is 1.88. The van der Waals surface area contributed by atoms with Crippen molar-refractivity contribution in [2.45, 2.75) is 84.5 Å². The molecule has 0 radical (unpaired) electrons. The number of benzene rings is 2. The molecule has 1 unspecified atom stereocenters. The van der Waals surface area contributed by atoms with Gasteiger partial charge in [0.1, 0.15) is 23.1 Å². The number of alkyl carbamates (subject to hydrolysis) is 2. The molecular weight excluding hydrogens is 614 g/mol. The predicted octanol–water partition coefficient (Wildman–Crippen LogP) is 5.78. The molecule has 4 aromatic rings. The first-order valence-electron chi connectivity index (χ1n) is 16.2. The maximum absolute atomic E-state index is 13.7. The fraction of sp³-hybridized carbons (Fsp3) is 0.486. The Labute approximate surface area is 280 Å². The number of likely N-dealkylation sites (tertiary alicyclic amines) is 1. The van der Waals surface area contributed by atoms with Crippen LogP contribution in [0.3, 0.4) is 0 Å². The van der Waals surface area contributed by atoms with E-state index < -0.39 is 35.3 Å². The molecule has 0 spiro atoms. The molecule has 0 saturated carbocycles. The van der Waals surface area contributed by atoms with Gasteiger partial charge in [0, 0.05) is 39.2 Å². The largest absolute Gasteiger partial charge is 0.444 e. The molecule has 0 bridgehead atoms. The lowest BCUT2D eigenvalue weighted by molar-refractivity contribution is -0.131. The number of aryl methyl sites for hydroxylation is 2. The minimum absolute atomic E-state index is 0.0552. The second kappa shape index (κ2) is 13.7. The highest BCUT2D eigenvalue weighted by molar-refractivity contribution is 5.87. The van der Waals surface area contributed by atoms with E-state index in [0.717, 1.165) is 35.0 Å². The molecule has 3 heterocycles. The molecule has 3 amide bonds. The van der Waals surface area contributed by atoms with E-state index in [9.17, 15) is 14.4 Å². The van der Waals surface area contributed by atoms with Crippen molar-refractivity contribution in [1.29, 1.82) is 0 Å². The summed E-state index contributed by atoms with van der Waals surface area (Å²) in [6.45, 7) is 13.9. The molecule has 1 fully saturated rings. The Morgan fingerprint density at radius 1 is 0.896 bits per heavy atom. The highest BCUT2D eigenvalue weighted by Gasteiger charge is 2.31. The summed E-state index contributed by atoms with van der Waals surface area (Å²) in [5, 5.41) is 9.79. The Bertz CT molecular complexity index is 1780. The summed E-state index contributed by atoms with van der Waals surface area (Å²) >= 11 is 0. The molecule has 13 nitrogen and oxygen atoms in total. The van der Waals surface area contributed by atoms with Gasteiger partial charge in [0.15, 0.2) is 0 Å². The van der Waals surface area contributed by atoms with Crippen LogP contribution in [0.2, 0.25) is 0 Å². The number of nitrogens with zero attached hydrogens (tertiary/aromatic N) is 5. The smallest absolute Gasteiger partial charge is 0.408 e. The van der Waals surface area contributed by atoms with Crippen molar-refractivity contribution in [2.24, 2.45) is 7.05 Å². The molecule has 2 atom stereocenters. The number of nitrogens with one attached hydrogen (secondary N) is 2. The number of amides is 3. The van der Waals surface area contributed by atoms with Crippen LogP contribution < -0.4 is 10.6 Å². The Morgan fingerprint density at radius 3 is 2.12 bits per heavy atom. The zero-order valence-corrected chi connectivity index (χ0v) is 28.9. The van der Waals surface area contributed by atoms with E-state index in [1.165, 1.54) is 0 Å². The molecular formula is C35H45N7O6. The Kier molecular flexibility index (Phi) is 9.79. The number of aromatic nitrogens is 4. The topological polar surface area (TPSA) is 154 Å². The van der Waals surface area contributed by atoms with Crippen LogP contribution in [-0.2, 0) is 21.3 Å². The SMILES string of the molecule is Cc1nc(-c2ccc(C(NC(=O)OC(C)(C)C)c3nc4cc([C@H](CNC(=O)OC(C)(C)C)C(=O)N5CCCC5)ccc4n3C)cc2)no1. The third kappa shape index (κ3) is 8.31. The van der Waals surface area contributed by atoms with Gasteiger partial charge in [-0.3, -0.25) is 4.79 Å². The number of hydrogen-bond acceptors (Lipinski definition) is 9. The van der Waals surface area contributed by atoms with Gasteiger partial charge in [-0.05, 0) is 77.6 Å². The van der Waals surface area contributed by atoms with Crippen molar-refractivity contribution < 1.29 is 28.4 Å². The summed E-state index contributed by atoms with van der Waals surface area (Å²) in [4.78, 5) is 50.5. The molecule has 0 aliphatic carbocycles. The molecule has 2 aromatic carbocycles. The third-order valence-corrected chi connectivity index (χ3v) is 7.86. The average Bonchev–Trinajstić information content (AvgIpc) is 3.75. The van der Waals surface area contributed by atoms with Gasteiger partial charge in [0.25, 0.3) is 0 Å². The second-order valence-electron chi connectivity index (χ2n) is 14.1. The summed E-state index contributed by atoms with van der Waals surface area (Å²) in [5.74, 6) is 0.793. The van der Waals surface area contributed by atoms with Crippen molar-refractivity contribution in [3.63, 3.8) is 0 Å². The van der Waals surface area contributed by atoms with Crippen LogP contribution in [0.15, 0.2) is 47.0 Å². The first-order chi connectivity index (χ1) is 22.6. The normalized spacial score (nSPS) is 14.9. The van der Waals surface area contributed by atoms with Gasteiger partial charge in [-0.2, -0.15) is 4.98 Å². The van der Waals surface area contributed by atoms with Crippen LogP contribution in [0.1, 0.15) is 89.2 Å². The van der Waals surface area contributed by atoms with E-state index in [4.69, 9.17) is 19.0 Å². The van der Waals surface area contributed by atoms with Crippen molar-refractivity contribution in [2.75, 3.05) is 19.6 Å². The minimum atomic E-state index is -0.708. The summed E-state index contributed by atoms with van der Waals surface area (Å²) in [5.41, 5.74) is 2.30. The summed E-state index contributed by atoms with van der Waals surface area (Å²) < 4.78 is 18.1. The average molecular weight is 660 g/mol. The van der Waals surface area contributed by atoms with E-state index in [0.29, 0.717) is 36.1 Å². The molecule has 1 aliphatic rings. The highest BCUT2D eigenvalue weighted by atomic mass is 16.6. The molecule has 2 N–H and O–H groups in total. The molecule has 1 saturated heterocycles. The van der Waals surface area contributed by atoms with Crippen LogP contribution in [0.5, 0.6) is 0 Å². The van der Waals surface area contributed by atoms with Crippen LogP contribution >= 0.6 is 0 Å². The fourth-order valence-electron chi connectivity index (χ4n) is 5.68. The lowest BCUT2D eigenvalue weighted by Gasteiger charge is -2.25. The zero-order valence-electron chi connectivity index (χ0n) is 28.9. The lowest BCUT2D eigenvalue weighted by Crippen LogP contribution is -2.40. The Hall–Kier alpha value is -4.94. The molecule has 48 heavy (non-hydrogen) atoms. The van der Waals surface area contributed by atoms with Gasteiger partial charge >= 0.3 is 12.2 Å². The van der Waals surface area contributed by atoms with Gasteiger partial charge in [0.05, 0.1) is 17.0 Å².